The molecule has 2 N–H and O–H groups in total. The number of carbonyl (C=O) groups is 2. The van der Waals surface area contributed by atoms with Crippen LogP contribution >= 0.6 is 0 Å². The first-order chi connectivity index (χ1) is 17.3. The van der Waals surface area contributed by atoms with E-state index < -0.39 is 20.9 Å². The van der Waals surface area contributed by atoms with Crippen molar-refractivity contribution in [2.24, 2.45) is 10.8 Å². The number of ether oxygens (including phenoxy) is 1. The summed E-state index contributed by atoms with van der Waals surface area (Å²) < 4.78 is 34.4. The summed E-state index contributed by atoms with van der Waals surface area (Å²) in [4.78, 5) is 24.6. The van der Waals surface area contributed by atoms with Crippen LogP contribution in [0.1, 0.15) is 39.7 Å². The topological polar surface area (TPSA) is 105 Å². The third-order valence-electron chi connectivity index (χ3n) is 6.75. The van der Waals surface area contributed by atoms with Crippen molar-refractivity contribution in [2.45, 2.75) is 51.5 Å². The Morgan fingerprint density at radius 2 is 1.70 bits per heavy atom. The summed E-state index contributed by atoms with van der Waals surface area (Å²) in [7, 11) is -2.53. The van der Waals surface area contributed by atoms with E-state index in [4.69, 9.17) is 4.74 Å². The second kappa shape index (κ2) is 11.1. The maximum atomic E-state index is 13.8. The van der Waals surface area contributed by atoms with Gasteiger partial charge in [-0.25, -0.2) is 8.42 Å². The molecule has 1 aliphatic heterocycles. The number of carbonyl (C=O) groups excluding carboxylic acids is 2. The fourth-order valence-corrected chi connectivity index (χ4v) is 7.11. The molecule has 0 unspecified atom stereocenters. The molecule has 9 heteroatoms. The monoisotopic (exact) mass is 527 g/mol. The van der Waals surface area contributed by atoms with Crippen LogP contribution in [0.4, 0.5) is 5.69 Å². The second-order valence-electron chi connectivity index (χ2n) is 10.8. The number of aryl methyl sites for hydroxylation is 1. The lowest BCUT2D eigenvalue weighted by molar-refractivity contribution is -0.120. The molecule has 1 fully saturated rings. The average molecular weight is 528 g/mol. The Hall–Kier alpha value is -3.17. The fourth-order valence-electron chi connectivity index (χ4n) is 5.19. The van der Waals surface area contributed by atoms with Gasteiger partial charge in [0.1, 0.15) is 10.6 Å². The Morgan fingerprint density at radius 3 is 2.27 bits per heavy atom. The highest BCUT2D eigenvalue weighted by atomic mass is 32.2. The number of sulfonamides is 1. The number of piperidine rings is 1. The van der Waals surface area contributed by atoms with Gasteiger partial charge in [-0.3, -0.25) is 9.59 Å². The molecule has 0 atom stereocenters. The summed E-state index contributed by atoms with van der Waals surface area (Å²) in [5.41, 5.74) is 0.427. The smallest absolute Gasteiger partial charge is 0.246 e. The molecule has 1 saturated heterocycles. The van der Waals surface area contributed by atoms with Crippen molar-refractivity contribution in [3.05, 3.63) is 66.7 Å². The molecule has 1 aliphatic rings. The summed E-state index contributed by atoms with van der Waals surface area (Å²) in [6, 6.07) is 14.0. The molecule has 2 aromatic carbocycles. The summed E-state index contributed by atoms with van der Waals surface area (Å²) in [6.45, 7) is 11.7. The molecule has 1 heterocycles. The van der Waals surface area contributed by atoms with Crippen LogP contribution in [0.3, 0.4) is 0 Å². The molecule has 0 aromatic heterocycles. The Labute approximate surface area is 220 Å². The maximum Gasteiger partial charge on any atom is 0.246 e. The average Bonchev–Trinajstić information content (AvgIpc) is 2.84. The number of anilines is 1. The number of benzene rings is 2. The van der Waals surface area contributed by atoms with Crippen LogP contribution in [0.5, 0.6) is 5.75 Å². The highest BCUT2D eigenvalue weighted by Gasteiger charge is 2.50. The minimum atomic E-state index is -3.93. The number of nitrogens with zero attached hydrogens (tertiary/aromatic N) is 1. The van der Waals surface area contributed by atoms with Crippen LogP contribution in [-0.4, -0.2) is 50.8 Å². The van der Waals surface area contributed by atoms with Gasteiger partial charge in [0.25, 0.3) is 0 Å². The van der Waals surface area contributed by atoms with E-state index in [9.17, 15) is 18.0 Å². The SMILES string of the molecule is C=CC(=O)NC1C(C)(C)CN(S(=O)(=O)c2ccc(NC(=O)CCc3ccccc3)cc2OC)CC1(C)C. The summed E-state index contributed by atoms with van der Waals surface area (Å²) in [6.07, 6.45) is 2.13. The molecule has 2 aromatic rings. The molecule has 0 spiro atoms. The summed E-state index contributed by atoms with van der Waals surface area (Å²) >= 11 is 0. The van der Waals surface area contributed by atoms with E-state index in [1.807, 2.05) is 58.0 Å². The highest BCUT2D eigenvalue weighted by molar-refractivity contribution is 7.89. The molecule has 0 bridgehead atoms. The van der Waals surface area contributed by atoms with Gasteiger partial charge in [0.05, 0.1) is 7.11 Å². The predicted octanol–water partition coefficient (Wildman–Crippen LogP) is 3.99. The minimum Gasteiger partial charge on any atom is -0.495 e. The van der Waals surface area contributed by atoms with Crippen LogP contribution in [-0.2, 0) is 26.0 Å². The first-order valence-electron chi connectivity index (χ1n) is 12.2. The van der Waals surface area contributed by atoms with Crippen molar-refractivity contribution in [3.8, 4) is 5.75 Å². The van der Waals surface area contributed by atoms with Gasteiger partial charge in [0.15, 0.2) is 0 Å². The number of amides is 2. The maximum absolute atomic E-state index is 13.8. The minimum absolute atomic E-state index is 0.0254. The Balaban J connectivity index is 1.79. The number of hydrogen-bond donors (Lipinski definition) is 2. The molecule has 3 rings (SSSR count). The molecule has 200 valence electrons. The van der Waals surface area contributed by atoms with Crippen molar-refractivity contribution in [1.29, 1.82) is 0 Å². The Morgan fingerprint density at radius 1 is 1.08 bits per heavy atom. The first kappa shape index (κ1) is 28.4. The zero-order chi connectivity index (χ0) is 27.4. The normalized spacial score (nSPS) is 17.5. The fraction of sp³-hybridized carbons (Fsp3) is 0.429. The largest absolute Gasteiger partial charge is 0.495 e. The molecule has 0 radical (unpaired) electrons. The van der Waals surface area contributed by atoms with Gasteiger partial charge in [-0.1, -0.05) is 64.6 Å². The van der Waals surface area contributed by atoms with Gasteiger partial charge in [0.2, 0.25) is 21.8 Å². The van der Waals surface area contributed by atoms with E-state index >= 15 is 0 Å². The van der Waals surface area contributed by atoms with Gasteiger partial charge >= 0.3 is 0 Å². The van der Waals surface area contributed by atoms with E-state index in [0.29, 0.717) is 18.5 Å². The Bertz CT molecular complexity index is 1240. The van der Waals surface area contributed by atoms with Crippen LogP contribution in [0.25, 0.3) is 0 Å². The molecule has 37 heavy (non-hydrogen) atoms. The lowest BCUT2D eigenvalue weighted by atomic mass is 9.67. The zero-order valence-corrected chi connectivity index (χ0v) is 23.0. The molecule has 8 nitrogen and oxygen atoms in total. The van der Waals surface area contributed by atoms with E-state index in [2.05, 4.69) is 17.2 Å². The number of rotatable bonds is 9. The predicted molar refractivity (Wildman–Crippen MR) is 145 cm³/mol. The van der Waals surface area contributed by atoms with Crippen molar-refractivity contribution in [1.82, 2.24) is 9.62 Å². The summed E-state index contributed by atoms with van der Waals surface area (Å²) in [5, 5.41) is 5.81. The van der Waals surface area contributed by atoms with Crippen LogP contribution in [0, 0.1) is 10.8 Å². The molecular formula is C28H37N3O5S. The third-order valence-corrected chi connectivity index (χ3v) is 8.58. The summed E-state index contributed by atoms with van der Waals surface area (Å²) in [5.74, 6) is -0.308. The second-order valence-corrected chi connectivity index (χ2v) is 12.7. The molecule has 0 saturated carbocycles. The van der Waals surface area contributed by atoms with Crippen molar-refractivity contribution >= 4 is 27.5 Å². The van der Waals surface area contributed by atoms with E-state index in [1.54, 1.807) is 6.07 Å². The lowest BCUT2D eigenvalue weighted by Crippen LogP contribution is -2.64. The quantitative estimate of drug-likeness (QED) is 0.480. The third kappa shape index (κ3) is 6.59. The van der Waals surface area contributed by atoms with E-state index in [-0.39, 0.29) is 41.6 Å². The van der Waals surface area contributed by atoms with E-state index in [1.165, 1.54) is 29.6 Å². The standard InChI is InChI=1S/C28H37N3O5S/c1-7-24(32)30-26-27(2,3)18-31(19-28(26,4)5)37(34,35)23-15-14-21(17-22(23)36-6)29-25(33)16-13-20-11-9-8-10-12-20/h7-12,14-15,17,26H,1,13,16,18-19H2,2-6H3,(H,29,33)(H,30,32). The number of methoxy groups -OCH3 is 1. The van der Waals surface area contributed by atoms with Crippen molar-refractivity contribution < 1.29 is 22.7 Å². The van der Waals surface area contributed by atoms with Gasteiger partial charge in [0, 0.05) is 37.3 Å². The van der Waals surface area contributed by atoms with E-state index in [0.717, 1.165) is 5.56 Å². The number of hydrogen-bond acceptors (Lipinski definition) is 5. The van der Waals surface area contributed by atoms with Gasteiger partial charge < -0.3 is 15.4 Å². The highest BCUT2D eigenvalue weighted by Crippen LogP contribution is 2.43. The van der Waals surface area contributed by atoms with Gasteiger partial charge in [-0.05, 0) is 41.0 Å². The molecule has 2 amide bonds. The van der Waals surface area contributed by atoms with Gasteiger partial charge in [-0.15, -0.1) is 0 Å². The van der Waals surface area contributed by atoms with Crippen LogP contribution in [0.15, 0.2) is 66.1 Å². The Kier molecular flexibility index (Phi) is 8.49. The number of nitrogens with one attached hydrogen (secondary N) is 2. The molecular weight excluding hydrogens is 490 g/mol. The molecule has 0 aliphatic carbocycles. The lowest BCUT2D eigenvalue weighted by Gasteiger charge is -2.52. The van der Waals surface area contributed by atoms with Gasteiger partial charge in [-0.2, -0.15) is 4.31 Å². The van der Waals surface area contributed by atoms with Crippen LogP contribution < -0.4 is 15.4 Å². The first-order valence-corrected chi connectivity index (χ1v) is 13.7. The zero-order valence-electron chi connectivity index (χ0n) is 22.2. The van der Waals surface area contributed by atoms with Crippen LogP contribution in [0.2, 0.25) is 0 Å². The van der Waals surface area contributed by atoms with Crippen molar-refractivity contribution in [2.75, 3.05) is 25.5 Å². The van der Waals surface area contributed by atoms with Crippen molar-refractivity contribution in [3.63, 3.8) is 0 Å².